The van der Waals surface area contributed by atoms with Crippen molar-refractivity contribution in [3.8, 4) is 0 Å². The number of carbonyl (C=O) groups excluding carboxylic acids is 1. The van der Waals surface area contributed by atoms with E-state index in [4.69, 9.17) is 11.6 Å². The van der Waals surface area contributed by atoms with Gasteiger partial charge in [0.25, 0.3) is 0 Å². The van der Waals surface area contributed by atoms with Gasteiger partial charge in [0, 0.05) is 17.2 Å². The zero-order valence-electron chi connectivity index (χ0n) is 9.44. The van der Waals surface area contributed by atoms with E-state index >= 15 is 0 Å². The number of carbonyl (C=O) groups is 1. The van der Waals surface area contributed by atoms with E-state index in [-0.39, 0.29) is 11.9 Å². The molecule has 0 fully saturated rings. The monoisotopic (exact) mass is 268 g/mol. The Morgan fingerprint density at radius 3 is 2.82 bits per heavy atom. The topological polar surface area (TPSA) is 41.5 Å². The molecule has 1 amide bonds. The molecule has 1 aliphatic heterocycles. The second kappa shape index (κ2) is 5.56. The predicted octanol–water partition coefficient (Wildman–Crippen LogP) is 2.84. The van der Waals surface area contributed by atoms with E-state index in [9.17, 15) is 4.79 Å². The molecule has 5 heteroatoms. The van der Waals surface area contributed by atoms with Crippen LogP contribution in [-0.2, 0) is 10.5 Å². The smallest absolute Gasteiger partial charge is 0.228 e. The maximum Gasteiger partial charge on any atom is 0.228 e. The van der Waals surface area contributed by atoms with Crippen LogP contribution in [0.4, 0.5) is 0 Å². The molecular formula is C12H13ClN2OS. The van der Waals surface area contributed by atoms with Crippen molar-refractivity contribution in [1.82, 2.24) is 5.32 Å². The number of rotatable bonds is 2. The van der Waals surface area contributed by atoms with Crippen LogP contribution >= 0.6 is 23.4 Å². The lowest BCUT2D eigenvalue weighted by atomic mass is 10.2. The first-order valence-electron chi connectivity index (χ1n) is 5.38. The normalized spacial score (nSPS) is 19.8. The highest BCUT2D eigenvalue weighted by Gasteiger charge is 2.17. The molecule has 1 aromatic carbocycles. The summed E-state index contributed by atoms with van der Waals surface area (Å²) in [5.41, 5.74) is 1.16. The third kappa shape index (κ3) is 3.75. The first-order valence-corrected chi connectivity index (χ1v) is 6.75. The Kier molecular flexibility index (Phi) is 4.07. The first-order chi connectivity index (χ1) is 8.13. The summed E-state index contributed by atoms with van der Waals surface area (Å²) in [6, 6.07) is 7.76. The van der Waals surface area contributed by atoms with Crippen LogP contribution in [0, 0.1) is 0 Å². The van der Waals surface area contributed by atoms with Crippen LogP contribution in [0.25, 0.3) is 0 Å². The quantitative estimate of drug-likeness (QED) is 0.896. The molecule has 0 spiro atoms. The van der Waals surface area contributed by atoms with Gasteiger partial charge in [0.1, 0.15) is 0 Å². The van der Waals surface area contributed by atoms with E-state index in [0.717, 1.165) is 16.3 Å². The Balaban J connectivity index is 1.94. The summed E-state index contributed by atoms with van der Waals surface area (Å²) in [4.78, 5) is 15.7. The van der Waals surface area contributed by atoms with Gasteiger partial charge < -0.3 is 5.32 Å². The molecule has 0 bridgehead atoms. The van der Waals surface area contributed by atoms with Crippen LogP contribution in [0.5, 0.6) is 0 Å². The van der Waals surface area contributed by atoms with Crippen molar-refractivity contribution in [2.45, 2.75) is 25.1 Å². The summed E-state index contributed by atoms with van der Waals surface area (Å²) >= 11 is 7.35. The predicted molar refractivity (Wildman–Crippen MR) is 72.4 cm³/mol. The van der Waals surface area contributed by atoms with Gasteiger partial charge in [-0.25, -0.2) is 0 Å². The van der Waals surface area contributed by atoms with Crippen LogP contribution in [-0.4, -0.2) is 17.1 Å². The minimum Gasteiger partial charge on any atom is -0.305 e. The Labute approximate surface area is 110 Å². The minimum atomic E-state index is 0.0473. The highest BCUT2D eigenvalue weighted by Crippen LogP contribution is 2.18. The van der Waals surface area contributed by atoms with E-state index < -0.39 is 0 Å². The molecule has 0 aromatic heterocycles. The fraction of sp³-hybridized carbons (Fsp3) is 0.333. The Hall–Kier alpha value is -1.00. The lowest BCUT2D eigenvalue weighted by Crippen LogP contribution is -2.35. The van der Waals surface area contributed by atoms with Crippen LogP contribution in [0.15, 0.2) is 29.3 Å². The van der Waals surface area contributed by atoms with Crippen molar-refractivity contribution in [2.75, 3.05) is 0 Å². The molecule has 3 nitrogen and oxygen atoms in total. The third-order valence-corrected chi connectivity index (χ3v) is 3.56. The lowest BCUT2D eigenvalue weighted by Gasteiger charge is -2.17. The molecule has 2 rings (SSSR count). The van der Waals surface area contributed by atoms with Gasteiger partial charge in [0.2, 0.25) is 5.91 Å². The maximum atomic E-state index is 11.3. The van der Waals surface area contributed by atoms with Gasteiger partial charge in [0.05, 0.1) is 6.04 Å². The standard InChI is InChI=1S/C12H13ClN2OS/c1-8-6-11(16)15-12(14-8)17-7-9-2-4-10(13)5-3-9/h2-5,8H,6-7H2,1H3,(H,14,15,16)/t8-/m0/s1. The van der Waals surface area contributed by atoms with E-state index in [1.165, 1.54) is 11.8 Å². The van der Waals surface area contributed by atoms with Gasteiger partial charge in [-0.1, -0.05) is 35.5 Å². The molecule has 0 saturated carbocycles. The van der Waals surface area contributed by atoms with E-state index in [1.807, 2.05) is 31.2 Å². The molecule has 0 aliphatic carbocycles. The molecule has 0 radical (unpaired) electrons. The van der Waals surface area contributed by atoms with Gasteiger partial charge in [-0.15, -0.1) is 0 Å². The maximum absolute atomic E-state index is 11.3. The fourth-order valence-corrected chi connectivity index (χ4v) is 2.58. The van der Waals surface area contributed by atoms with Gasteiger partial charge in [-0.2, -0.15) is 0 Å². The van der Waals surface area contributed by atoms with Crippen molar-refractivity contribution in [2.24, 2.45) is 4.99 Å². The fourth-order valence-electron chi connectivity index (χ4n) is 1.52. The van der Waals surface area contributed by atoms with Crippen molar-refractivity contribution < 1.29 is 4.79 Å². The largest absolute Gasteiger partial charge is 0.305 e. The summed E-state index contributed by atoms with van der Waals surface area (Å²) < 4.78 is 0. The van der Waals surface area contributed by atoms with Gasteiger partial charge in [-0.05, 0) is 24.6 Å². The van der Waals surface area contributed by atoms with Gasteiger partial charge in [0.15, 0.2) is 5.17 Å². The van der Waals surface area contributed by atoms with Crippen LogP contribution in [0.3, 0.4) is 0 Å². The second-order valence-electron chi connectivity index (χ2n) is 3.95. The van der Waals surface area contributed by atoms with Crippen molar-refractivity contribution in [3.05, 3.63) is 34.9 Å². The molecule has 1 atom stereocenters. The highest BCUT2D eigenvalue weighted by molar-refractivity contribution is 8.13. The number of benzene rings is 1. The van der Waals surface area contributed by atoms with Crippen molar-refractivity contribution in [3.63, 3.8) is 0 Å². The number of halogens is 1. The SMILES string of the molecule is C[C@H]1CC(=O)NC(SCc2ccc(Cl)cc2)=N1. The number of nitrogens with one attached hydrogen (secondary N) is 1. The number of hydrogen-bond donors (Lipinski definition) is 1. The van der Waals surface area contributed by atoms with E-state index in [2.05, 4.69) is 10.3 Å². The number of thioether (sulfide) groups is 1. The molecule has 0 unspecified atom stereocenters. The lowest BCUT2D eigenvalue weighted by molar-refractivity contribution is -0.120. The minimum absolute atomic E-state index is 0.0473. The van der Waals surface area contributed by atoms with Crippen LogP contribution in [0.1, 0.15) is 18.9 Å². The summed E-state index contributed by atoms with van der Waals surface area (Å²) in [5, 5.41) is 4.22. The summed E-state index contributed by atoms with van der Waals surface area (Å²) in [6.07, 6.45) is 0.477. The number of hydrogen-bond acceptors (Lipinski definition) is 3. The number of nitrogens with zero attached hydrogens (tertiary/aromatic N) is 1. The average molecular weight is 269 g/mol. The van der Waals surface area contributed by atoms with Gasteiger partial charge >= 0.3 is 0 Å². The van der Waals surface area contributed by atoms with E-state index in [1.54, 1.807) is 0 Å². The van der Waals surface area contributed by atoms with Crippen molar-refractivity contribution >= 4 is 34.4 Å². The Morgan fingerprint density at radius 2 is 2.18 bits per heavy atom. The molecule has 1 heterocycles. The molecule has 17 heavy (non-hydrogen) atoms. The van der Waals surface area contributed by atoms with Crippen molar-refractivity contribution in [1.29, 1.82) is 0 Å². The van der Waals surface area contributed by atoms with Crippen LogP contribution < -0.4 is 5.32 Å². The number of amides is 1. The average Bonchev–Trinajstić information content (AvgIpc) is 2.27. The van der Waals surface area contributed by atoms with Gasteiger partial charge in [-0.3, -0.25) is 9.79 Å². The molecular weight excluding hydrogens is 256 g/mol. The molecule has 1 aromatic rings. The number of amidine groups is 1. The van der Waals surface area contributed by atoms with E-state index in [0.29, 0.717) is 11.6 Å². The summed E-state index contributed by atoms with van der Waals surface area (Å²) in [5.74, 6) is 0.828. The third-order valence-electron chi connectivity index (χ3n) is 2.35. The zero-order valence-corrected chi connectivity index (χ0v) is 11.0. The molecule has 0 saturated heterocycles. The Bertz CT molecular complexity index is 444. The second-order valence-corrected chi connectivity index (χ2v) is 5.35. The Morgan fingerprint density at radius 1 is 1.47 bits per heavy atom. The highest BCUT2D eigenvalue weighted by atomic mass is 35.5. The molecule has 1 N–H and O–H groups in total. The summed E-state index contributed by atoms with van der Waals surface area (Å²) in [7, 11) is 0. The zero-order chi connectivity index (χ0) is 12.3. The summed E-state index contributed by atoms with van der Waals surface area (Å²) in [6.45, 7) is 1.95. The number of aliphatic imine (C=N–C) groups is 1. The molecule has 90 valence electrons. The first kappa shape index (κ1) is 12.5. The molecule has 1 aliphatic rings. The van der Waals surface area contributed by atoms with Crippen LogP contribution in [0.2, 0.25) is 5.02 Å².